The highest BCUT2D eigenvalue weighted by atomic mass is 35.5. The van der Waals surface area contributed by atoms with Crippen LogP contribution in [-0.4, -0.2) is 11.9 Å². The molecule has 2 atom stereocenters. The van der Waals surface area contributed by atoms with Crippen LogP contribution >= 0.6 is 24.0 Å². The third-order valence-electron chi connectivity index (χ3n) is 3.70. The zero-order valence-corrected chi connectivity index (χ0v) is 15.5. The first-order valence-electron chi connectivity index (χ1n) is 7.70. The van der Waals surface area contributed by atoms with Gasteiger partial charge in [0.15, 0.2) is 11.6 Å². The average molecular weight is 387 g/mol. The predicted molar refractivity (Wildman–Crippen MR) is 100.0 cm³/mol. The zero-order valence-electron chi connectivity index (χ0n) is 14.0. The molecule has 0 aliphatic rings. The summed E-state index contributed by atoms with van der Waals surface area (Å²) in [6, 6.07) is 11.0. The van der Waals surface area contributed by atoms with Crippen LogP contribution < -0.4 is 15.8 Å². The van der Waals surface area contributed by atoms with Crippen LogP contribution in [0.15, 0.2) is 42.5 Å². The minimum absolute atomic E-state index is 0. The predicted octanol–water partition coefficient (Wildman–Crippen LogP) is 4.61. The van der Waals surface area contributed by atoms with Crippen LogP contribution in [0.4, 0.5) is 4.39 Å². The molecule has 0 aliphatic carbocycles. The summed E-state index contributed by atoms with van der Waals surface area (Å²) in [5.74, 6) is -0.597. The van der Waals surface area contributed by atoms with Gasteiger partial charge in [0.05, 0.1) is 11.1 Å². The minimum atomic E-state index is -0.580. The van der Waals surface area contributed by atoms with E-state index >= 15 is 0 Å². The van der Waals surface area contributed by atoms with Gasteiger partial charge >= 0.3 is 0 Å². The fourth-order valence-electron chi connectivity index (χ4n) is 2.33. The van der Waals surface area contributed by atoms with Gasteiger partial charge < -0.3 is 10.5 Å². The van der Waals surface area contributed by atoms with Gasteiger partial charge in [0.2, 0.25) is 5.91 Å². The maximum atomic E-state index is 14.9. The number of primary amides is 1. The van der Waals surface area contributed by atoms with Crippen molar-refractivity contribution >= 4 is 29.9 Å². The monoisotopic (exact) mass is 386 g/mol. The molecule has 4 nitrogen and oxygen atoms in total. The maximum absolute atomic E-state index is 14.9. The van der Waals surface area contributed by atoms with Crippen molar-refractivity contribution in [1.29, 1.82) is 0 Å². The highest BCUT2D eigenvalue weighted by Crippen LogP contribution is 2.36. The van der Waals surface area contributed by atoms with E-state index < -0.39 is 17.8 Å². The number of para-hydroxylation sites is 1. The van der Waals surface area contributed by atoms with Gasteiger partial charge in [-0.15, -0.1) is 12.4 Å². The molecule has 0 bridgehead atoms. The molecule has 25 heavy (non-hydrogen) atoms. The summed E-state index contributed by atoms with van der Waals surface area (Å²) in [6.45, 7) is 3.53. The number of halogens is 3. The lowest BCUT2D eigenvalue weighted by Crippen LogP contribution is -2.40. The molecule has 0 heterocycles. The van der Waals surface area contributed by atoms with E-state index in [1.807, 2.05) is 13.0 Å². The largest absolute Gasteiger partial charge is 0.453 e. The fraction of sp³-hybridized carbons (Fsp3) is 0.278. The molecule has 1 unspecified atom stereocenters. The van der Waals surface area contributed by atoms with Crippen LogP contribution in [0, 0.1) is 5.82 Å². The van der Waals surface area contributed by atoms with Gasteiger partial charge in [-0.1, -0.05) is 42.8 Å². The summed E-state index contributed by atoms with van der Waals surface area (Å²) in [4.78, 5) is 11.2. The van der Waals surface area contributed by atoms with Crippen molar-refractivity contribution in [2.45, 2.75) is 32.4 Å². The second-order valence-electron chi connectivity index (χ2n) is 5.45. The standard InChI is InChI=1S/C18H20ClFN2O2.ClH/c1-3-15(22-11(2)18(21)23)13-9-10-14(19)17(16(13)20)24-12-7-5-4-6-8-12;/h4-11,15,22H,3H2,1-2H3,(H2,21,23);1H/t11?,15-;/m1./s1. The van der Waals surface area contributed by atoms with Crippen LogP contribution in [-0.2, 0) is 4.79 Å². The van der Waals surface area contributed by atoms with Crippen molar-refractivity contribution in [2.75, 3.05) is 0 Å². The van der Waals surface area contributed by atoms with Crippen molar-refractivity contribution in [2.24, 2.45) is 5.73 Å². The molecule has 2 aromatic carbocycles. The number of carbonyl (C=O) groups excluding carboxylic acids is 1. The molecular formula is C18H21Cl2FN2O2. The summed E-state index contributed by atoms with van der Waals surface area (Å²) >= 11 is 6.10. The van der Waals surface area contributed by atoms with E-state index in [0.717, 1.165) is 0 Å². The molecular weight excluding hydrogens is 366 g/mol. The minimum Gasteiger partial charge on any atom is -0.453 e. The highest BCUT2D eigenvalue weighted by Gasteiger charge is 2.23. The normalized spacial score (nSPS) is 12.8. The Bertz CT molecular complexity index is 714. The second kappa shape index (κ2) is 9.61. The number of nitrogens with one attached hydrogen (secondary N) is 1. The van der Waals surface area contributed by atoms with E-state index in [2.05, 4.69) is 5.32 Å². The molecule has 2 rings (SSSR count). The number of hydrogen-bond acceptors (Lipinski definition) is 3. The second-order valence-corrected chi connectivity index (χ2v) is 5.85. The molecule has 1 amide bonds. The Labute approximate surface area is 157 Å². The molecule has 0 radical (unpaired) electrons. The summed E-state index contributed by atoms with van der Waals surface area (Å²) < 4.78 is 20.5. The Balaban J connectivity index is 0.00000312. The maximum Gasteiger partial charge on any atom is 0.234 e. The molecule has 0 fully saturated rings. The van der Waals surface area contributed by atoms with Crippen molar-refractivity contribution in [3.63, 3.8) is 0 Å². The van der Waals surface area contributed by atoms with Gasteiger partial charge in [0.1, 0.15) is 5.75 Å². The number of rotatable bonds is 7. The fourth-order valence-corrected chi connectivity index (χ4v) is 2.51. The zero-order chi connectivity index (χ0) is 17.7. The number of carbonyl (C=O) groups is 1. The lowest BCUT2D eigenvalue weighted by Gasteiger charge is -2.22. The van der Waals surface area contributed by atoms with E-state index in [4.69, 9.17) is 22.1 Å². The Hall–Kier alpha value is -1.82. The topological polar surface area (TPSA) is 64.3 Å². The Morgan fingerprint density at radius 1 is 1.28 bits per heavy atom. The molecule has 2 aromatic rings. The molecule has 0 saturated heterocycles. The number of hydrogen-bond donors (Lipinski definition) is 2. The van der Waals surface area contributed by atoms with Gasteiger partial charge in [-0.3, -0.25) is 10.1 Å². The molecule has 0 saturated carbocycles. The smallest absolute Gasteiger partial charge is 0.234 e. The number of amides is 1. The van der Waals surface area contributed by atoms with E-state index in [1.54, 1.807) is 43.3 Å². The summed E-state index contributed by atoms with van der Waals surface area (Å²) in [5, 5.41) is 3.20. The van der Waals surface area contributed by atoms with Crippen LogP contribution in [0.2, 0.25) is 5.02 Å². The van der Waals surface area contributed by atoms with Crippen LogP contribution in [0.25, 0.3) is 0 Å². The van der Waals surface area contributed by atoms with Crippen LogP contribution in [0.1, 0.15) is 31.9 Å². The Morgan fingerprint density at radius 2 is 1.92 bits per heavy atom. The number of benzene rings is 2. The van der Waals surface area contributed by atoms with Crippen molar-refractivity contribution in [3.05, 3.63) is 58.9 Å². The quantitative estimate of drug-likeness (QED) is 0.730. The lowest BCUT2D eigenvalue weighted by atomic mass is 10.0. The SMILES string of the molecule is CC[C@@H](NC(C)C(N)=O)c1ccc(Cl)c(Oc2ccccc2)c1F.Cl. The van der Waals surface area contributed by atoms with Gasteiger partial charge in [0, 0.05) is 11.6 Å². The molecule has 136 valence electrons. The number of ether oxygens (including phenoxy) is 1. The van der Waals surface area contributed by atoms with Crippen molar-refractivity contribution in [3.8, 4) is 11.5 Å². The van der Waals surface area contributed by atoms with Gasteiger partial charge in [0.25, 0.3) is 0 Å². The summed E-state index contributed by atoms with van der Waals surface area (Å²) in [5.41, 5.74) is 5.65. The van der Waals surface area contributed by atoms with Crippen LogP contribution in [0.5, 0.6) is 11.5 Å². The van der Waals surface area contributed by atoms with Crippen molar-refractivity contribution < 1.29 is 13.9 Å². The first-order chi connectivity index (χ1) is 11.4. The third-order valence-corrected chi connectivity index (χ3v) is 4.00. The Kier molecular flexibility index (Phi) is 8.16. The lowest BCUT2D eigenvalue weighted by molar-refractivity contribution is -0.119. The molecule has 0 spiro atoms. The van der Waals surface area contributed by atoms with Gasteiger partial charge in [-0.05, 0) is 31.5 Å². The Morgan fingerprint density at radius 3 is 2.48 bits per heavy atom. The van der Waals surface area contributed by atoms with Crippen LogP contribution in [0.3, 0.4) is 0 Å². The molecule has 0 aliphatic heterocycles. The van der Waals surface area contributed by atoms with E-state index in [-0.39, 0.29) is 29.2 Å². The first kappa shape index (κ1) is 21.2. The third kappa shape index (κ3) is 5.33. The average Bonchev–Trinajstić information content (AvgIpc) is 2.57. The first-order valence-corrected chi connectivity index (χ1v) is 8.08. The van der Waals surface area contributed by atoms with E-state index in [1.165, 1.54) is 0 Å². The molecule has 3 N–H and O–H groups in total. The van der Waals surface area contributed by atoms with E-state index in [9.17, 15) is 9.18 Å². The number of nitrogens with two attached hydrogens (primary N) is 1. The van der Waals surface area contributed by atoms with Crippen molar-refractivity contribution in [1.82, 2.24) is 5.32 Å². The summed E-state index contributed by atoms with van der Waals surface area (Å²) in [6.07, 6.45) is 0.570. The molecule has 0 aromatic heterocycles. The molecule has 7 heteroatoms. The van der Waals surface area contributed by atoms with E-state index in [0.29, 0.717) is 17.7 Å². The van der Waals surface area contributed by atoms with Gasteiger partial charge in [-0.25, -0.2) is 4.39 Å². The summed E-state index contributed by atoms with van der Waals surface area (Å²) in [7, 11) is 0. The highest BCUT2D eigenvalue weighted by molar-refractivity contribution is 6.32. The van der Waals surface area contributed by atoms with Gasteiger partial charge in [-0.2, -0.15) is 0 Å².